The summed E-state index contributed by atoms with van der Waals surface area (Å²) >= 11 is 0. The van der Waals surface area contributed by atoms with E-state index in [4.69, 9.17) is 10.8 Å². The lowest BCUT2D eigenvalue weighted by Crippen LogP contribution is -2.29. The molecule has 1 amide bonds. The van der Waals surface area contributed by atoms with Crippen LogP contribution in [0.5, 0.6) is 0 Å². The molecule has 0 aliphatic heterocycles. The van der Waals surface area contributed by atoms with Crippen molar-refractivity contribution in [3.8, 4) is 0 Å². The normalized spacial score (nSPS) is 10.6. The standard InChI is InChI=1S/C13H15N3O3/c1-7-9-6-8(13(18)19)2-3-10(9)16-11(7)12(17)15-5-4-14/h2-3,6,16H,4-5,14H2,1H3,(H,15,17)(H,18,19). The van der Waals surface area contributed by atoms with Gasteiger partial charge in [-0.1, -0.05) is 0 Å². The number of nitrogens with two attached hydrogens (primary N) is 1. The summed E-state index contributed by atoms with van der Waals surface area (Å²) in [6.07, 6.45) is 0. The first-order valence-electron chi connectivity index (χ1n) is 5.88. The lowest BCUT2D eigenvalue weighted by Gasteiger charge is -2.01. The summed E-state index contributed by atoms with van der Waals surface area (Å²) in [6.45, 7) is 2.55. The second kappa shape index (κ2) is 5.11. The molecule has 0 unspecified atom stereocenters. The Morgan fingerprint density at radius 2 is 2.16 bits per heavy atom. The van der Waals surface area contributed by atoms with Crippen molar-refractivity contribution in [1.82, 2.24) is 10.3 Å². The molecule has 2 rings (SSSR count). The van der Waals surface area contributed by atoms with Crippen LogP contribution in [0.3, 0.4) is 0 Å². The Balaban J connectivity index is 2.45. The summed E-state index contributed by atoms with van der Waals surface area (Å²) in [7, 11) is 0. The van der Waals surface area contributed by atoms with E-state index in [1.807, 2.05) is 0 Å². The number of nitrogens with one attached hydrogen (secondary N) is 2. The summed E-state index contributed by atoms with van der Waals surface area (Å²) in [5.41, 5.74) is 7.43. The zero-order chi connectivity index (χ0) is 14.0. The topological polar surface area (TPSA) is 108 Å². The fourth-order valence-electron chi connectivity index (χ4n) is 1.96. The second-order valence-corrected chi connectivity index (χ2v) is 4.24. The molecule has 0 radical (unpaired) electrons. The number of H-pyrrole nitrogens is 1. The van der Waals surface area contributed by atoms with Crippen molar-refractivity contribution in [3.63, 3.8) is 0 Å². The maximum absolute atomic E-state index is 11.9. The molecule has 6 nitrogen and oxygen atoms in total. The molecule has 100 valence electrons. The van der Waals surface area contributed by atoms with E-state index in [9.17, 15) is 9.59 Å². The lowest BCUT2D eigenvalue weighted by molar-refractivity contribution is 0.0696. The molecule has 5 N–H and O–H groups in total. The highest BCUT2D eigenvalue weighted by Gasteiger charge is 2.15. The van der Waals surface area contributed by atoms with Gasteiger partial charge in [0.1, 0.15) is 5.69 Å². The molecule has 6 heteroatoms. The van der Waals surface area contributed by atoms with Gasteiger partial charge in [-0.15, -0.1) is 0 Å². The second-order valence-electron chi connectivity index (χ2n) is 4.24. The summed E-state index contributed by atoms with van der Waals surface area (Å²) < 4.78 is 0. The molecule has 19 heavy (non-hydrogen) atoms. The molecule has 0 fully saturated rings. The highest BCUT2D eigenvalue weighted by Crippen LogP contribution is 2.23. The van der Waals surface area contributed by atoms with E-state index in [1.54, 1.807) is 19.1 Å². The Morgan fingerprint density at radius 3 is 2.79 bits per heavy atom. The molecule has 2 aromatic rings. The number of hydrogen-bond donors (Lipinski definition) is 4. The fourth-order valence-corrected chi connectivity index (χ4v) is 1.96. The number of carboxylic acids is 1. The predicted molar refractivity (Wildman–Crippen MR) is 71.4 cm³/mol. The van der Waals surface area contributed by atoms with Crippen molar-refractivity contribution in [1.29, 1.82) is 0 Å². The Labute approximate surface area is 109 Å². The molecular weight excluding hydrogens is 246 g/mol. The van der Waals surface area contributed by atoms with E-state index in [0.717, 1.165) is 16.5 Å². The summed E-state index contributed by atoms with van der Waals surface area (Å²) in [4.78, 5) is 25.8. The molecule has 1 aromatic carbocycles. The Kier molecular flexibility index (Phi) is 3.52. The van der Waals surface area contributed by atoms with Gasteiger partial charge in [0.05, 0.1) is 5.56 Å². The van der Waals surface area contributed by atoms with Crippen LogP contribution < -0.4 is 11.1 Å². The number of benzene rings is 1. The first-order valence-corrected chi connectivity index (χ1v) is 5.88. The molecule has 0 saturated heterocycles. The van der Waals surface area contributed by atoms with E-state index in [-0.39, 0.29) is 11.5 Å². The number of aromatic nitrogens is 1. The highest BCUT2D eigenvalue weighted by molar-refractivity contribution is 6.02. The molecule has 0 aliphatic rings. The first kappa shape index (κ1) is 13.1. The zero-order valence-electron chi connectivity index (χ0n) is 10.5. The molecule has 0 atom stereocenters. The van der Waals surface area contributed by atoms with E-state index in [2.05, 4.69) is 10.3 Å². The van der Waals surface area contributed by atoms with Crippen LogP contribution in [0.2, 0.25) is 0 Å². The van der Waals surface area contributed by atoms with E-state index in [1.165, 1.54) is 6.07 Å². The third kappa shape index (κ3) is 2.43. The number of aromatic carboxylic acids is 1. The first-order chi connectivity index (χ1) is 9.04. The van der Waals surface area contributed by atoms with E-state index >= 15 is 0 Å². The van der Waals surface area contributed by atoms with Crippen LogP contribution in [0, 0.1) is 6.92 Å². The number of rotatable bonds is 4. The monoisotopic (exact) mass is 261 g/mol. The van der Waals surface area contributed by atoms with Crippen LogP contribution in [0.1, 0.15) is 26.4 Å². The Morgan fingerprint density at radius 1 is 1.42 bits per heavy atom. The molecule has 0 aliphatic carbocycles. The number of carbonyl (C=O) groups excluding carboxylic acids is 1. The number of aromatic amines is 1. The van der Waals surface area contributed by atoms with Gasteiger partial charge in [-0.25, -0.2) is 4.79 Å². The van der Waals surface area contributed by atoms with Crippen molar-refractivity contribution in [2.45, 2.75) is 6.92 Å². The molecule has 1 aromatic heterocycles. The highest BCUT2D eigenvalue weighted by atomic mass is 16.4. The number of aryl methyl sites for hydroxylation is 1. The fraction of sp³-hybridized carbons (Fsp3) is 0.231. The maximum atomic E-state index is 11.9. The van der Waals surface area contributed by atoms with Crippen LogP contribution in [0.25, 0.3) is 10.9 Å². The van der Waals surface area contributed by atoms with Crippen molar-refractivity contribution in [3.05, 3.63) is 35.0 Å². The molecule has 0 bridgehead atoms. The van der Waals surface area contributed by atoms with Crippen LogP contribution in [0.4, 0.5) is 0 Å². The van der Waals surface area contributed by atoms with Crippen LogP contribution in [-0.4, -0.2) is 35.1 Å². The average molecular weight is 261 g/mol. The van der Waals surface area contributed by atoms with Gasteiger partial charge in [-0.05, 0) is 30.7 Å². The SMILES string of the molecule is Cc1c(C(=O)NCCN)[nH]c2ccc(C(=O)O)cc12. The van der Waals surface area contributed by atoms with Gasteiger partial charge in [0.25, 0.3) is 5.91 Å². The third-order valence-corrected chi connectivity index (χ3v) is 2.96. The molecule has 0 saturated carbocycles. The Hall–Kier alpha value is -2.34. The maximum Gasteiger partial charge on any atom is 0.335 e. The quantitative estimate of drug-likeness (QED) is 0.654. The van der Waals surface area contributed by atoms with Gasteiger partial charge in [0.2, 0.25) is 0 Å². The van der Waals surface area contributed by atoms with Crippen LogP contribution in [-0.2, 0) is 0 Å². The van der Waals surface area contributed by atoms with Gasteiger partial charge < -0.3 is 21.1 Å². The summed E-state index contributed by atoms with van der Waals surface area (Å²) in [5.74, 6) is -1.23. The molecular formula is C13H15N3O3. The van der Waals surface area contributed by atoms with Gasteiger partial charge in [0.15, 0.2) is 0 Å². The minimum Gasteiger partial charge on any atom is -0.478 e. The van der Waals surface area contributed by atoms with E-state index < -0.39 is 5.97 Å². The minimum absolute atomic E-state index is 0.198. The third-order valence-electron chi connectivity index (χ3n) is 2.96. The van der Waals surface area contributed by atoms with Gasteiger partial charge in [-0.3, -0.25) is 4.79 Å². The smallest absolute Gasteiger partial charge is 0.335 e. The number of carboxylic acid groups (broad SMARTS) is 1. The van der Waals surface area contributed by atoms with Gasteiger partial charge >= 0.3 is 5.97 Å². The summed E-state index contributed by atoms with van der Waals surface area (Å²) in [5, 5.41) is 12.4. The lowest BCUT2D eigenvalue weighted by atomic mass is 10.1. The number of amides is 1. The van der Waals surface area contributed by atoms with Crippen molar-refractivity contribution < 1.29 is 14.7 Å². The molecule has 1 heterocycles. The largest absolute Gasteiger partial charge is 0.478 e. The number of fused-ring (bicyclic) bond motifs is 1. The Bertz CT molecular complexity index is 646. The van der Waals surface area contributed by atoms with E-state index in [0.29, 0.717) is 18.8 Å². The zero-order valence-corrected chi connectivity index (χ0v) is 10.5. The summed E-state index contributed by atoms with van der Waals surface area (Å²) in [6, 6.07) is 4.72. The van der Waals surface area contributed by atoms with Crippen LogP contribution >= 0.6 is 0 Å². The van der Waals surface area contributed by atoms with Crippen molar-refractivity contribution in [2.24, 2.45) is 5.73 Å². The predicted octanol–water partition coefficient (Wildman–Crippen LogP) is 0.863. The number of hydrogen-bond acceptors (Lipinski definition) is 3. The number of carbonyl (C=O) groups is 2. The van der Waals surface area contributed by atoms with Crippen LogP contribution in [0.15, 0.2) is 18.2 Å². The van der Waals surface area contributed by atoms with Crippen molar-refractivity contribution in [2.75, 3.05) is 13.1 Å². The van der Waals surface area contributed by atoms with Gasteiger partial charge in [0, 0.05) is 24.0 Å². The molecule has 0 spiro atoms. The average Bonchev–Trinajstić information content (AvgIpc) is 2.73. The van der Waals surface area contributed by atoms with Crippen molar-refractivity contribution >= 4 is 22.8 Å². The minimum atomic E-state index is -0.989. The van der Waals surface area contributed by atoms with Gasteiger partial charge in [-0.2, -0.15) is 0 Å².